The summed E-state index contributed by atoms with van der Waals surface area (Å²) in [5, 5.41) is 0. The molecular formula is C9H9ClO2. The van der Waals surface area contributed by atoms with E-state index in [0.29, 0.717) is 5.75 Å². The van der Waals surface area contributed by atoms with Crippen LogP contribution in [0.3, 0.4) is 0 Å². The van der Waals surface area contributed by atoms with Gasteiger partial charge in [-0.2, -0.15) is 0 Å². The molecule has 2 nitrogen and oxygen atoms in total. The lowest BCUT2D eigenvalue weighted by Gasteiger charge is -2.06. The quantitative estimate of drug-likeness (QED) is 0.627. The van der Waals surface area contributed by atoms with Crippen molar-refractivity contribution in [3.8, 4) is 5.75 Å². The minimum Gasteiger partial charge on any atom is -0.414 e. The molecule has 0 amide bonds. The van der Waals surface area contributed by atoms with E-state index in [1.54, 1.807) is 0 Å². The highest BCUT2D eigenvalue weighted by Gasteiger charge is 2.05. The Balaban J connectivity index is 3.04. The molecule has 0 aliphatic rings. The van der Waals surface area contributed by atoms with Gasteiger partial charge in [0.15, 0.2) is 0 Å². The van der Waals surface area contributed by atoms with Crippen LogP contribution in [0, 0.1) is 13.8 Å². The highest BCUT2D eigenvalue weighted by Crippen LogP contribution is 2.22. The minimum absolute atomic E-state index is 0.553. The van der Waals surface area contributed by atoms with Crippen LogP contribution in [0.4, 0.5) is 4.79 Å². The summed E-state index contributed by atoms with van der Waals surface area (Å²) in [6.07, 6.45) is 0. The van der Waals surface area contributed by atoms with E-state index in [-0.39, 0.29) is 0 Å². The molecule has 0 radical (unpaired) electrons. The summed E-state index contributed by atoms with van der Waals surface area (Å²) in [4.78, 5) is 10.5. The number of halogens is 1. The van der Waals surface area contributed by atoms with Crippen LogP contribution in [0.2, 0.25) is 0 Å². The number of aryl methyl sites for hydroxylation is 2. The number of benzene rings is 1. The van der Waals surface area contributed by atoms with Gasteiger partial charge in [-0.05, 0) is 25.0 Å². The smallest absolute Gasteiger partial charge is 0.409 e. The van der Waals surface area contributed by atoms with Crippen LogP contribution in [0.25, 0.3) is 0 Å². The van der Waals surface area contributed by atoms with Gasteiger partial charge in [-0.15, -0.1) is 0 Å². The normalized spacial score (nSPS) is 9.58. The van der Waals surface area contributed by atoms with Gasteiger partial charge in [0.2, 0.25) is 0 Å². The van der Waals surface area contributed by atoms with Crippen molar-refractivity contribution in [3.05, 3.63) is 29.3 Å². The van der Waals surface area contributed by atoms with Gasteiger partial charge in [0.1, 0.15) is 5.75 Å². The van der Waals surface area contributed by atoms with Crippen molar-refractivity contribution in [3.63, 3.8) is 0 Å². The summed E-state index contributed by atoms with van der Waals surface area (Å²) >= 11 is 5.10. The Morgan fingerprint density at radius 3 is 2.25 bits per heavy atom. The molecule has 0 unspecified atom stereocenters. The lowest BCUT2D eigenvalue weighted by atomic mass is 10.1. The van der Waals surface area contributed by atoms with Crippen LogP contribution < -0.4 is 4.74 Å². The summed E-state index contributed by atoms with van der Waals surface area (Å²) in [5.41, 5.74) is 1.01. The molecule has 1 aromatic rings. The van der Waals surface area contributed by atoms with Crippen molar-refractivity contribution in [2.75, 3.05) is 0 Å². The van der Waals surface area contributed by atoms with Crippen LogP contribution in [0.15, 0.2) is 18.2 Å². The largest absolute Gasteiger partial charge is 0.414 e. The summed E-state index contributed by atoms with van der Waals surface area (Å²) in [5.74, 6) is 0.553. The van der Waals surface area contributed by atoms with E-state index in [0.717, 1.165) is 11.1 Å². The van der Waals surface area contributed by atoms with E-state index in [2.05, 4.69) is 0 Å². The number of hydrogen-bond acceptors (Lipinski definition) is 2. The van der Waals surface area contributed by atoms with Crippen molar-refractivity contribution >= 4 is 17.0 Å². The summed E-state index contributed by atoms with van der Waals surface area (Å²) < 4.78 is 4.80. The molecular weight excluding hydrogens is 176 g/mol. The van der Waals surface area contributed by atoms with Crippen molar-refractivity contribution in [2.45, 2.75) is 13.8 Å². The maximum absolute atomic E-state index is 10.5. The fourth-order valence-corrected chi connectivity index (χ4v) is 1.12. The molecule has 12 heavy (non-hydrogen) atoms. The topological polar surface area (TPSA) is 26.3 Å². The summed E-state index contributed by atoms with van der Waals surface area (Å²) in [6, 6.07) is 5.63. The number of rotatable bonds is 1. The molecule has 0 aliphatic heterocycles. The van der Waals surface area contributed by atoms with Gasteiger partial charge in [0, 0.05) is 11.6 Å². The first-order chi connectivity index (χ1) is 5.61. The highest BCUT2D eigenvalue weighted by molar-refractivity contribution is 6.61. The number of hydrogen-bond donors (Lipinski definition) is 0. The average Bonchev–Trinajstić information content (AvgIpc) is 1.97. The number of carbonyl (C=O) groups is 1. The molecule has 0 aliphatic carbocycles. The fraction of sp³-hybridized carbons (Fsp3) is 0.222. The molecule has 1 aromatic carbocycles. The van der Waals surface area contributed by atoms with E-state index in [9.17, 15) is 4.79 Å². The Morgan fingerprint density at radius 1 is 1.33 bits per heavy atom. The maximum Gasteiger partial charge on any atom is 0.409 e. The molecule has 0 aromatic heterocycles. The summed E-state index contributed by atoms with van der Waals surface area (Å²) in [7, 11) is 0. The fourth-order valence-electron chi connectivity index (χ4n) is 1.04. The lowest BCUT2D eigenvalue weighted by molar-refractivity contribution is 0.225. The zero-order valence-corrected chi connectivity index (χ0v) is 7.68. The van der Waals surface area contributed by atoms with Gasteiger partial charge >= 0.3 is 5.43 Å². The Hall–Kier alpha value is -1.02. The molecule has 0 atom stereocenters. The molecule has 0 fully saturated rings. The second kappa shape index (κ2) is 3.59. The van der Waals surface area contributed by atoms with Gasteiger partial charge < -0.3 is 4.74 Å². The number of ether oxygens (including phenoxy) is 1. The van der Waals surface area contributed by atoms with Crippen LogP contribution >= 0.6 is 11.6 Å². The zero-order valence-electron chi connectivity index (χ0n) is 6.93. The third kappa shape index (κ3) is 1.98. The zero-order chi connectivity index (χ0) is 9.14. The third-order valence-corrected chi connectivity index (χ3v) is 1.67. The monoisotopic (exact) mass is 184 g/mol. The molecule has 1 rings (SSSR count). The molecule has 0 saturated carbocycles. The van der Waals surface area contributed by atoms with Crippen molar-refractivity contribution in [2.24, 2.45) is 0 Å². The Labute approximate surface area is 76.1 Å². The Bertz CT molecular complexity index is 287. The summed E-state index contributed by atoms with van der Waals surface area (Å²) in [6.45, 7) is 3.73. The van der Waals surface area contributed by atoms with Gasteiger partial charge in [0.25, 0.3) is 0 Å². The molecule has 0 saturated heterocycles. The predicted molar refractivity (Wildman–Crippen MR) is 47.8 cm³/mol. The van der Waals surface area contributed by atoms with Gasteiger partial charge in [-0.25, -0.2) is 4.79 Å². The third-order valence-electron chi connectivity index (χ3n) is 1.59. The van der Waals surface area contributed by atoms with Crippen LogP contribution in [-0.2, 0) is 0 Å². The Morgan fingerprint density at radius 2 is 1.83 bits per heavy atom. The maximum atomic E-state index is 10.5. The van der Waals surface area contributed by atoms with Crippen molar-refractivity contribution in [1.29, 1.82) is 0 Å². The second-order valence-corrected chi connectivity index (χ2v) is 2.87. The SMILES string of the molecule is Cc1cccc(C)c1OC(=O)Cl. The van der Waals surface area contributed by atoms with E-state index in [4.69, 9.17) is 16.3 Å². The number of para-hydroxylation sites is 1. The molecule has 3 heteroatoms. The molecule has 64 valence electrons. The second-order valence-electron chi connectivity index (χ2n) is 2.56. The Kier molecular flexibility index (Phi) is 2.71. The standard InChI is InChI=1S/C9H9ClO2/c1-6-4-3-5-7(2)8(6)12-9(10)11/h3-5H,1-2H3. The first-order valence-corrected chi connectivity index (χ1v) is 3.92. The van der Waals surface area contributed by atoms with Crippen LogP contribution in [0.1, 0.15) is 11.1 Å². The number of carbonyl (C=O) groups excluding carboxylic acids is 1. The average molecular weight is 185 g/mol. The lowest BCUT2D eigenvalue weighted by Crippen LogP contribution is -1.99. The molecule has 0 heterocycles. The van der Waals surface area contributed by atoms with Gasteiger partial charge in [-0.3, -0.25) is 0 Å². The predicted octanol–water partition coefficient (Wildman–Crippen LogP) is 3.04. The van der Waals surface area contributed by atoms with E-state index < -0.39 is 5.43 Å². The first kappa shape index (κ1) is 9.07. The van der Waals surface area contributed by atoms with Gasteiger partial charge in [0.05, 0.1) is 0 Å². The van der Waals surface area contributed by atoms with E-state index >= 15 is 0 Å². The highest BCUT2D eigenvalue weighted by atomic mass is 35.5. The molecule has 0 N–H and O–H groups in total. The van der Waals surface area contributed by atoms with E-state index in [1.807, 2.05) is 32.0 Å². The van der Waals surface area contributed by atoms with Gasteiger partial charge in [-0.1, -0.05) is 18.2 Å². The minimum atomic E-state index is -0.799. The van der Waals surface area contributed by atoms with E-state index in [1.165, 1.54) is 0 Å². The first-order valence-electron chi connectivity index (χ1n) is 3.55. The van der Waals surface area contributed by atoms with Crippen LogP contribution in [0.5, 0.6) is 5.75 Å². The molecule has 0 spiro atoms. The van der Waals surface area contributed by atoms with Crippen LogP contribution in [-0.4, -0.2) is 5.43 Å². The molecule has 0 bridgehead atoms. The van der Waals surface area contributed by atoms with Crippen molar-refractivity contribution in [1.82, 2.24) is 0 Å². The van der Waals surface area contributed by atoms with Crippen molar-refractivity contribution < 1.29 is 9.53 Å².